The van der Waals surface area contributed by atoms with Gasteiger partial charge in [0.25, 0.3) is 0 Å². The fraction of sp³-hybridized carbons (Fsp3) is 0.467. The molecule has 1 aromatic rings. The summed E-state index contributed by atoms with van der Waals surface area (Å²) in [6, 6.07) is 9.28. The molecule has 1 heterocycles. The maximum Gasteiger partial charge on any atom is 0.305 e. The van der Waals surface area contributed by atoms with E-state index in [2.05, 4.69) is 0 Å². The second kappa shape index (κ2) is 6.52. The molecule has 1 N–H and O–H groups in total. The Kier molecular flexibility index (Phi) is 4.74. The van der Waals surface area contributed by atoms with Gasteiger partial charge in [-0.2, -0.15) is 0 Å². The predicted octanol–water partition coefficient (Wildman–Crippen LogP) is 1.19. The van der Waals surface area contributed by atoms with Gasteiger partial charge in [-0.1, -0.05) is 30.3 Å². The van der Waals surface area contributed by atoms with Crippen LogP contribution in [0.2, 0.25) is 0 Å². The van der Waals surface area contributed by atoms with E-state index in [0.29, 0.717) is 26.2 Å². The van der Waals surface area contributed by atoms with Gasteiger partial charge in [-0.3, -0.25) is 14.5 Å². The van der Waals surface area contributed by atoms with Gasteiger partial charge in [-0.15, -0.1) is 0 Å². The lowest BCUT2D eigenvalue weighted by Crippen LogP contribution is -2.57. The van der Waals surface area contributed by atoms with E-state index in [1.807, 2.05) is 42.2 Å². The van der Waals surface area contributed by atoms with Crippen molar-refractivity contribution in [1.82, 2.24) is 9.80 Å². The lowest BCUT2D eigenvalue weighted by molar-refractivity contribution is -0.149. The SMILES string of the molecule is CCN1CCN(Cc2ccccc2)C(CC(=O)O)C1=O. The van der Waals surface area contributed by atoms with Crippen molar-refractivity contribution in [2.45, 2.75) is 25.9 Å². The van der Waals surface area contributed by atoms with Crippen molar-refractivity contribution in [2.75, 3.05) is 19.6 Å². The third kappa shape index (κ3) is 3.36. The Bertz CT molecular complexity index is 475. The highest BCUT2D eigenvalue weighted by Crippen LogP contribution is 2.17. The van der Waals surface area contributed by atoms with E-state index in [-0.39, 0.29) is 12.3 Å². The van der Waals surface area contributed by atoms with Gasteiger partial charge < -0.3 is 10.0 Å². The maximum absolute atomic E-state index is 12.3. The number of nitrogens with zero attached hydrogens (tertiary/aromatic N) is 2. The molecule has 20 heavy (non-hydrogen) atoms. The monoisotopic (exact) mass is 276 g/mol. The fourth-order valence-electron chi connectivity index (χ4n) is 2.59. The normalized spacial score (nSPS) is 20.1. The molecule has 108 valence electrons. The van der Waals surface area contributed by atoms with Crippen molar-refractivity contribution >= 4 is 11.9 Å². The minimum absolute atomic E-state index is 0.0721. The third-order valence-corrected chi connectivity index (χ3v) is 3.67. The fourth-order valence-corrected chi connectivity index (χ4v) is 2.59. The number of carboxylic acids is 1. The quantitative estimate of drug-likeness (QED) is 0.877. The van der Waals surface area contributed by atoms with E-state index in [4.69, 9.17) is 5.11 Å². The molecular formula is C15H20N2O3. The first-order valence-corrected chi connectivity index (χ1v) is 6.90. The van der Waals surface area contributed by atoms with Crippen molar-refractivity contribution in [1.29, 1.82) is 0 Å². The summed E-state index contributed by atoms with van der Waals surface area (Å²) in [7, 11) is 0. The van der Waals surface area contributed by atoms with Crippen LogP contribution in [0.5, 0.6) is 0 Å². The minimum Gasteiger partial charge on any atom is -0.481 e. The van der Waals surface area contributed by atoms with E-state index in [0.717, 1.165) is 5.56 Å². The molecule has 5 nitrogen and oxygen atoms in total. The lowest BCUT2D eigenvalue weighted by Gasteiger charge is -2.39. The number of aliphatic carboxylic acids is 1. The van der Waals surface area contributed by atoms with Crippen molar-refractivity contribution < 1.29 is 14.7 Å². The Morgan fingerprint density at radius 3 is 2.60 bits per heavy atom. The predicted molar refractivity (Wildman–Crippen MR) is 75.1 cm³/mol. The molecule has 1 aromatic carbocycles. The molecule has 1 aliphatic heterocycles. The molecule has 1 saturated heterocycles. The molecule has 0 saturated carbocycles. The van der Waals surface area contributed by atoms with Gasteiger partial charge in [-0.25, -0.2) is 0 Å². The number of amides is 1. The first-order valence-electron chi connectivity index (χ1n) is 6.90. The highest BCUT2D eigenvalue weighted by atomic mass is 16.4. The highest BCUT2D eigenvalue weighted by molar-refractivity contribution is 5.86. The molecule has 2 rings (SSSR count). The molecule has 1 unspecified atom stereocenters. The van der Waals surface area contributed by atoms with Crippen molar-refractivity contribution in [3.05, 3.63) is 35.9 Å². The Labute approximate surface area is 118 Å². The van der Waals surface area contributed by atoms with Gasteiger partial charge in [0, 0.05) is 26.2 Å². The number of hydrogen-bond acceptors (Lipinski definition) is 3. The van der Waals surface area contributed by atoms with Gasteiger partial charge >= 0.3 is 5.97 Å². The largest absolute Gasteiger partial charge is 0.481 e. The first kappa shape index (κ1) is 14.5. The summed E-state index contributed by atoms with van der Waals surface area (Å²) in [4.78, 5) is 27.0. The number of carboxylic acid groups (broad SMARTS) is 1. The van der Waals surface area contributed by atoms with Crippen LogP contribution in [-0.4, -0.2) is 52.5 Å². The minimum atomic E-state index is -0.931. The molecule has 0 radical (unpaired) electrons. The summed E-state index contributed by atoms with van der Waals surface area (Å²) in [5.41, 5.74) is 1.10. The first-order chi connectivity index (χ1) is 9.61. The van der Waals surface area contributed by atoms with Crippen molar-refractivity contribution in [2.24, 2.45) is 0 Å². The van der Waals surface area contributed by atoms with Gasteiger partial charge in [0.15, 0.2) is 0 Å². The Morgan fingerprint density at radius 1 is 1.30 bits per heavy atom. The topological polar surface area (TPSA) is 60.9 Å². The summed E-state index contributed by atoms with van der Waals surface area (Å²) in [6.07, 6.45) is -0.137. The van der Waals surface area contributed by atoms with Gasteiger partial charge in [0.05, 0.1) is 6.42 Å². The second-order valence-corrected chi connectivity index (χ2v) is 4.99. The molecule has 1 aliphatic rings. The highest BCUT2D eigenvalue weighted by Gasteiger charge is 2.35. The van der Waals surface area contributed by atoms with E-state index >= 15 is 0 Å². The Balaban J connectivity index is 2.13. The summed E-state index contributed by atoms with van der Waals surface area (Å²) in [5.74, 6) is -1.00. The Hall–Kier alpha value is -1.88. The molecule has 0 aromatic heterocycles. The molecular weight excluding hydrogens is 256 g/mol. The number of likely N-dealkylation sites (N-methyl/N-ethyl adjacent to an activating group) is 1. The van der Waals surface area contributed by atoms with Crippen LogP contribution in [0.4, 0.5) is 0 Å². The smallest absolute Gasteiger partial charge is 0.305 e. The average molecular weight is 276 g/mol. The molecule has 0 bridgehead atoms. The van der Waals surface area contributed by atoms with Gasteiger partial charge in [0.1, 0.15) is 6.04 Å². The zero-order chi connectivity index (χ0) is 14.5. The lowest BCUT2D eigenvalue weighted by atomic mass is 10.1. The zero-order valence-corrected chi connectivity index (χ0v) is 11.7. The third-order valence-electron chi connectivity index (χ3n) is 3.67. The maximum atomic E-state index is 12.3. The Morgan fingerprint density at radius 2 is 2.00 bits per heavy atom. The number of hydrogen-bond donors (Lipinski definition) is 1. The molecule has 5 heteroatoms. The zero-order valence-electron chi connectivity index (χ0n) is 11.7. The summed E-state index contributed by atoms with van der Waals surface area (Å²) < 4.78 is 0. The van der Waals surface area contributed by atoms with Crippen LogP contribution in [0.15, 0.2) is 30.3 Å². The van der Waals surface area contributed by atoms with Crippen molar-refractivity contribution in [3.8, 4) is 0 Å². The molecule has 1 amide bonds. The second-order valence-electron chi connectivity index (χ2n) is 4.99. The number of carbonyl (C=O) groups excluding carboxylic acids is 1. The summed E-state index contributed by atoms with van der Waals surface area (Å²) >= 11 is 0. The standard InChI is InChI=1S/C15H20N2O3/c1-2-16-8-9-17(11-12-6-4-3-5-7-12)13(15(16)20)10-14(18)19/h3-7,13H,2,8-11H2,1H3,(H,18,19). The number of carbonyl (C=O) groups is 2. The average Bonchev–Trinajstić information content (AvgIpc) is 2.44. The molecule has 1 atom stereocenters. The summed E-state index contributed by atoms with van der Waals surface area (Å²) in [6.45, 7) is 4.55. The van der Waals surface area contributed by atoms with E-state index in [9.17, 15) is 9.59 Å². The van der Waals surface area contributed by atoms with E-state index in [1.54, 1.807) is 4.90 Å². The van der Waals surface area contributed by atoms with Crippen molar-refractivity contribution in [3.63, 3.8) is 0 Å². The molecule has 0 spiro atoms. The van der Waals surface area contributed by atoms with Gasteiger partial charge in [-0.05, 0) is 12.5 Å². The van der Waals surface area contributed by atoms with Crippen LogP contribution in [0.25, 0.3) is 0 Å². The summed E-state index contributed by atoms with van der Waals surface area (Å²) in [5, 5.41) is 9.03. The number of piperazine rings is 1. The van der Waals surface area contributed by atoms with Gasteiger partial charge in [0.2, 0.25) is 5.91 Å². The number of rotatable bonds is 5. The molecule has 0 aliphatic carbocycles. The van der Waals surface area contributed by atoms with Crippen LogP contribution in [0.3, 0.4) is 0 Å². The van der Waals surface area contributed by atoms with Crippen LogP contribution in [-0.2, 0) is 16.1 Å². The molecule has 1 fully saturated rings. The van der Waals surface area contributed by atoms with Crippen LogP contribution in [0, 0.1) is 0 Å². The van der Waals surface area contributed by atoms with Crippen LogP contribution >= 0.6 is 0 Å². The van der Waals surface area contributed by atoms with Crippen LogP contribution < -0.4 is 0 Å². The van der Waals surface area contributed by atoms with E-state index < -0.39 is 12.0 Å². The van der Waals surface area contributed by atoms with E-state index in [1.165, 1.54) is 0 Å². The van der Waals surface area contributed by atoms with Crippen LogP contribution in [0.1, 0.15) is 18.9 Å². The number of benzene rings is 1.